The smallest absolute Gasteiger partial charge is 0.271 e. The molecule has 2 aromatic rings. The van der Waals surface area contributed by atoms with Gasteiger partial charge in [-0.25, -0.2) is 4.98 Å². The molecule has 0 aliphatic carbocycles. The lowest BCUT2D eigenvalue weighted by molar-refractivity contribution is 0.0946. The number of thiazole rings is 1. The number of rotatable bonds is 4. The zero-order chi connectivity index (χ0) is 13.0. The largest absolute Gasteiger partial charge is 0.392 e. The maximum absolute atomic E-state index is 11.7. The van der Waals surface area contributed by atoms with E-state index in [9.17, 15) is 4.79 Å². The molecule has 18 heavy (non-hydrogen) atoms. The normalized spacial score (nSPS) is 10.3. The third-order valence-corrected chi connectivity index (χ3v) is 3.28. The summed E-state index contributed by atoms with van der Waals surface area (Å²) in [5, 5.41) is 14.4. The Bertz CT molecular complexity index is 534. The van der Waals surface area contributed by atoms with E-state index in [2.05, 4.69) is 10.3 Å². The molecule has 2 rings (SSSR count). The van der Waals surface area contributed by atoms with Gasteiger partial charge in [0, 0.05) is 11.9 Å². The maximum Gasteiger partial charge on any atom is 0.271 e. The first kappa shape index (κ1) is 12.7. The van der Waals surface area contributed by atoms with Crippen molar-refractivity contribution in [2.45, 2.75) is 20.1 Å². The van der Waals surface area contributed by atoms with Crippen LogP contribution in [-0.4, -0.2) is 16.0 Å². The number of aliphatic hydroxyl groups is 1. The molecule has 0 unspecified atom stereocenters. The highest BCUT2D eigenvalue weighted by atomic mass is 32.1. The Morgan fingerprint density at radius 1 is 1.33 bits per heavy atom. The molecule has 0 spiro atoms. The Balaban J connectivity index is 1.92. The first-order chi connectivity index (χ1) is 8.69. The summed E-state index contributed by atoms with van der Waals surface area (Å²) in [4.78, 5) is 15.9. The minimum absolute atomic E-state index is 0.0325. The van der Waals surface area contributed by atoms with Gasteiger partial charge in [-0.05, 0) is 18.1 Å². The number of aliphatic hydroxyl groups excluding tert-OH is 1. The first-order valence-corrected chi connectivity index (χ1v) is 6.46. The lowest BCUT2D eigenvalue weighted by Crippen LogP contribution is -2.23. The second kappa shape index (κ2) is 5.75. The summed E-state index contributed by atoms with van der Waals surface area (Å²) < 4.78 is 0. The fourth-order valence-electron chi connectivity index (χ4n) is 1.50. The van der Waals surface area contributed by atoms with Crippen LogP contribution < -0.4 is 5.32 Å². The van der Waals surface area contributed by atoms with Gasteiger partial charge < -0.3 is 10.4 Å². The van der Waals surface area contributed by atoms with Crippen molar-refractivity contribution in [2.24, 2.45) is 0 Å². The molecule has 0 saturated heterocycles. The standard InChI is InChI=1S/C13H14N2O2S/c1-9-15-12(8-18-9)13(17)14-6-10-2-4-11(7-16)5-3-10/h2-5,8,16H,6-7H2,1H3,(H,14,17). The van der Waals surface area contributed by atoms with Gasteiger partial charge in [0.25, 0.3) is 5.91 Å². The summed E-state index contributed by atoms with van der Waals surface area (Å²) in [5.74, 6) is -0.161. The summed E-state index contributed by atoms with van der Waals surface area (Å²) in [6, 6.07) is 7.46. The number of aromatic nitrogens is 1. The Hall–Kier alpha value is -1.72. The van der Waals surface area contributed by atoms with Crippen molar-refractivity contribution in [1.82, 2.24) is 10.3 Å². The summed E-state index contributed by atoms with van der Waals surface area (Å²) in [6.45, 7) is 2.36. The van der Waals surface area contributed by atoms with Gasteiger partial charge in [0.05, 0.1) is 11.6 Å². The molecule has 0 fully saturated rings. The molecular weight excluding hydrogens is 248 g/mol. The van der Waals surface area contributed by atoms with Gasteiger partial charge in [-0.3, -0.25) is 4.79 Å². The predicted octanol–water partition coefficient (Wildman–Crippen LogP) is 1.87. The first-order valence-electron chi connectivity index (χ1n) is 5.58. The molecule has 1 heterocycles. The number of amides is 1. The maximum atomic E-state index is 11.7. The van der Waals surface area contributed by atoms with Gasteiger partial charge >= 0.3 is 0 Å². The van der Waals surface area contributed by atoms with Crippen molar-refractivity contribution < 1.29 is 9.90 Å². The van der Waals surface area contributed by atoms with E-state index in [1.807, 2.05) is 31.2 Å². The Morgan fingerprint density at radius 3 is 2.56 bits per heavy atom. The van der Waals surface area contributed by atoms with E-state index in [-0.39, 0.29) is 12.5 Å². The summed E-state index contributed by atoms with van der Waals surface area (Å²) in [5.41, 5.74) is 2.32. The second-order valence-corrected chi connectivity index (χ2v) is 4.97. The molecule has 94 valence electrons. The van der Waals surface area contributed by atoms with Crippen LogP contribution in [0.4, 0.5) is 0 Å². The molecule has 0 bridgehead atoms. The van der Waals surface area contributed by atoms with E-state index in [4.69, 9.17) is 5.11 Å². The number of hydrogen-bond acceptors (Lipinski definition) is 4. The zero-order valence-electron chi connectivity index (χ0n) is 10.0. The van der Waals surface area contributed by atoms with E-state index >= 15 is 0 Å². The van der Waals surface area contributed by atoms with Crippen molar-refractivity contribution in [3.05, 3.63) is 51.5 Å². The highest BCUT2D eigenvalue weighted by Gasteiger charge is 2.08. The third kappa shape index (κ3) is 3.15. The Kier molecular flexibility index (Phi) is 4.07. The lowest BCUT2D eigenvalue weighted by atomic mass is 10.1. The van der Waals surface area contributed by atoms with Crippen LogP contribution >= 0.6 is 11.3 Å². The van der Waals surface area contributed by atoms with E-state index in [1.54, 1.807) is 5.38 Å². The number of carbonyl (C=O) groups is 1. The number of nitrogens with zero attached hydrogens (tertiary/aromatic N) is 1. The van der Waals surface area contributed by atoms with E-state index in [1.165, 1.54) is 11.3 Å². The molecule has 0 aliphatic rings. The highest BCUT2D eigenvalue weighted by Crippen LogP contribution is 2.08. The average Bonchev–Trinajstić information content (AvgIpc) is 2.83. The number of hydrogen-bond donors (Lipinski definition) is 2. The zero-order valence-corrected chi connectivity index (χ0v) is 10.8. The van der Waals surface area contributed by atoms with Gasteiger partial charge in [-0.1, -0.05) is 24.3 Å². The van der Waals surface area contributed by atoms with Crippen molar-refractivity contribution in [3.8, 4) is 0 Å². The van der Waals surface area contributed by atoms with Crippen molar-refractivity contribution in [2.75, 3.05) is 0 Å². The molecule has 5 heteroatoms. The summed E-state index contributed by atoms with van der Waals surface area (Å²) in [6.07, 6.45) is 0. The molecular formula is C13H14N2O2S. The van der Waals surface area contributed by atoms with Crippen LogP contribution in [0.2, 0.25) is 0 Å². The highest BCUT2D eigenvalue weighted by molar-refractivity contribution is 7.09. The van der Waals surface area contributed by atoms with Crippen LogP contribution in [-0.2, 0) is 13.2 Å². The Morgan fingerprint density at radius 2 is 2.00 bits per heavy atom. The fourth-order valence-corrected chi connectivity index (χ4v) is 2.10. The van der Waals surface area contributed by atoms with E-state index in [0.717, 1.165) is 16.1 Å². The van der Waals surface area contributed by atoms with Gasteiger partial charge in [-0.2, -0.15) is 0 Å². The van der Waals surface area contributed by atoms with Crippen LogP contribution in [0, 0.1) is 6.92 Å². The third-order valence-electron chi connectivity index (χ3n) is 2.51. The summed E-state index contributed by atoms with van der Waals surface area (Å²) >= 11 is 1.46. The van der Waals surface area contributed by atoms with Crippen LogP contribution in [0.5, 0.6) is 0 Å². The number of aryl methyl sites for hydroxylation is 1. The fraction of sp³-hybridized carbons (Fsp3) is 0.231. The summed E-state index contributed by atoms with van der Waals surface area (Å²) in [7, 11) is 0. The molecule has 1 aromatic carbocycles. The SMILES string of the molecule is Cc1nc(C(=O)NCc2ccc(CO)cc2)cs1. The van der Waals surface area contributed by atoms with Crippen molar-refractivity contribution in [1.29, 1.82) is 0 Å². The van der Waals surface area contributed by atoms with Crippen LogP contribution in [0.3, 0.4) is 0 Å². The lowest BCUT2D eigenvalue weighted by Gasteiger charge is -2.04. The molecule has 0 saturated carbocycles. The van der Waals surface area contributed by atoms with Gasteiger partial charge in [-0.15, -0.1) is 11.3 Å². The predicted molar refractivity (Wildman–Crippen MR) is 70.4 cm³/mol. The van der Waals surface area contributed by atoms with Crippen LogP contribution in [0.1, 0.15) is 26.6 Å². The molecule has 4 nitrogen and oxygen atoms in total. The molecule has 0 aliphatic heterocycles. The number of carbonyl (C=O) groups excluding carboxylic acids is 1. The average molecular weight is 262 g/mol. The number of nitrogens with one attached hydrogen (secondary N) is 1. The minimum Gasteiger partial charge on any atom is -0.392 e. The minimum atomic E-state index is -0.161. The second-order valence-electron chi connectivity index (χ2n) is 3.91. The molecule has 2 N–H and O–H groups in total. The van der Waals surface area contributed by atoms with Crippen LogP contribution in [0.25, 0.3) is 0 Å². The molecule has 0 radical (unpaired) electrons. The molecule has 1 amide bonds. The Labute approximate surface area is 109 Å². The number of benzene rings is 1. The van der Waals surface area contributed by atoms with Crippen molar-refractivity contribution >= 4 is 17.2 Å². The van der Waals surface area contributed by atoms with Crippen LogP contribution in [0.15, 0.2) is 29.6 Å². The monoisotopic (exact) mass is 262 g/mol. The van der Waals surface area contributed by atoms with Gasteiger partial charge in [0.2, 0.25) is 0 Å². The topological polar surface area (TPSA) is 62.2 Å². The molecule has 1 aromatic heterocycles. The molecule has 0 atom stereocenters. The van der Waals surface area contributed by atoms with E-state index < -0.39 is 0 Å². The van der Waals surface area contributed by atoms with Crippen molar-refractivity contribution in [3.63, 3.8) is 0 Å². The van der Waals surface area contributed by atoms with Gasteiger partial charge in [0.1, 0.15) is 5.69 Å². The van der Waals surface area contributed by atoms with E-state index in [0.29, 0.717) is 12.2 Å². The van der Waals surface area contributed by atoms with Gasteiger partial charge in [0.15, 0.2) is 0 Å². The quantitative estimate of drug-likeness (QED) is 0.884.